The van der Waals surface area contributed by atoms with Crippen molar-refractivity contribution in [3.05, 3.63) is 0 Å². The molecule has 0 aromatic carbocycles. The standard InChI is InChI=1S/C7O7/c8-1-2(9)4(11)6(13)7(14)5(12)3(1)10. The van der Waals surface area contributed by atoms with Crippen LogP contribution in [-0.4, -0.2) is 40.5 Å². The van der Waals surface area contributed by atoms with E-state index < -0.39 is 40.5 Å². The second-order valence-corrected chi connectivity index (χ2v) is 2.30. The number of ketones is 7. The zero-order chi connectivity index (χ0) is 11.0. The molecule has 0 amide bonds. The highest BCUT2D eigenvalue weighted by molar-refractivity contribution is 7.08. The molecule has 0 aromatic heterocycles. The molecule has 0 aromatic rings. The van der Waals surface area contributed by atoms with Crippen molar-refractivity contribution in [3.8, 4) is 0 Å². The molecule has 0 bridgehead atoms. The molecular formula is C7O7. The average molecular weight is 196 g/mol. The van der Waals surface area contributed by atoms with E-state index in [1.807, 2.05) is 0 Å². The molecule has 7 nitrogen and oxygen atoms in total. The Balaban J connectivity index is 3.40. The van der Waals surface area contributed by atoms with Crippen LogP contribution in [0.2, 0.25) is 0 Å². The van der Waals surface area contributed by atoms with Crippen LogP contribution >= 0.6 is 0 Å². The quantitative estimate of drug-likeness (QED) is 0.298. The molecule has 14 heavy (non-hydrogen) atoms. The molecule has 0 unspecified atom stereocenters. The van der Waals surface area contributed by atoms with Gasteiger partial charge in [0.2, 0.25) is 0 Å². The van der Waals surface area contributed by atoms with E-state index in [-0.39, 0.29) is 0 Å². The lowest BCUT2D eigenvalue weighted by atomic mass is 10.1. The zero-order valence-corrected chi connectivity index (χ0v) is 6.36. The van der Waals surface area contributed by atoms with Crippen molar-refractivity contribution in [1.82, 2.24) is 0 Å². The van der Waals surface area contributed by atoms with E-state index >= 15 is 0 Å². The molecule has 0 atom stereocenters. The SMILES string of the molecule is O=C1C(=O)C(=O)C(=O)C(=O)C(=O)C1=O. The lowest BCUT2D eigenvalue weighted by Crippen LogP contribution is -2.31. The molecular weight excluding hydrogens is 196 g/mol. The van der Waals surface area contributed by atoms with Gasteiger partial charge in [0.25, 0.3) is 40.5 Å². The third-order valence-electron chi connectivity index (χ3n) is 1.44. The Morgan fingerprint density at radius 3 is 0.429 bits per heavy atom. The average Bonchev–Trinajstić information content (AvgIpc) is 2.23. The Morgan fingerprint density at radius 1 is 0.286 bits per heavy atom. The summed E-state index contributed by atoms with van der Waals surface area (Å²) in [7, 11) is 0. The van der Waals surface area contributed by atoms with Crippen LogP contribution in [-0.2, 0) is 33.6 Å². The Bertz CT molecular complexity index is 293. The maximum atomic E-state index is 10.6. The van der Waals surface area contributed by atoms with Crippen molar-refractivity contribution in [1.29, 1.82) is 0 Å². The lowest BCUT2D eigenvalue weighted by Gasteiger charge is -1.84. The van der Waals surface area contributed by atoms with Gasteiger partial charge in [-0.1, -0.05) is 0 Å². The van der Waals surface area contributed by atoms with Crippen molar-refractivity contribution < 1.29 is 33.6 Å². The fourth-order valence-corrected chi connectivity index (χ4v) is 0.722. The fourth-order valence-electron chi connectivity index (χ4n) is 0.722. The lowest BCUT2D eigenvalue weighted by molar-refractivity contribution is -0.150. The Hall–Kier alpha value is -2.31. The minimum atomic E-state index is -1.95. The predicted molar refractivity (Wildman–Crippen MR) is 35.0 cm³/mol. The zero-order valence-electron chi connectivity index (χ0n) is 6.36. The molecule has 0 aliphatic heterocycles. The topological polar surface area (TPSA) is 119 Å². The van der Waals surface area contributed by atoms with Crippen molar-refractivity contribution >= 4 is 40.5 Å². The van der Waals surface area contributed by atoms with Gasteiger partial charge in [-0.15, -0.1) is 0 Å². The summed E-state index contributed by atoms with van der Waals surface area (Å²) < 4.78 is 0. The van der Waals surface area contributed by atoms with Crippen LogP contribution < -0.4 is 0 Å². The third-order valence-corrected chi connectivity index (χ3v) is 1.44. The van der Waals surface area contributed by atoms with Crippen LogP contribution in [0.4, 0.5) is 0 Å². The van der Waals surface area contributed by atoms with Crippen LogP contribution in [0.3, 0.4) is 0 Å². The van der Waals surface area contributed by atoms with Gasteiger partial charge in [-0.2, -0.15) is 0 Å². The summed E-state index contributed by atoms with van der Waals surface area (Å²) in [4.78, 5) is 74.3. The Morgan fingerprint density at radius 2 is 0.357 bits per heavy atom. The molecule has 0 heterocycles. The highest BCUT2D eigenvalue weighted by Gasteiger charge is 2.47. The first kappa shape index (κ1) is 9.78. The first-order chi connectivity index (χ1) is 6.37. The van der Waals surface area contributed by atoms with E-state index in [4.69, 9.17) is 0 Å². The Labute approximate surface area is 75.1 Å². The molecule has 7 heteroatoms. The van der Waals surface area contributed by atoms with E-state index in [9.17, 15) is 33.6 Å². The molecule has 1 rings (SSSR count). The van der Waals surface area contributed by atoms with Crippen molar-refractivity contribution in [2.24, 2.45) is 0 Å². The van der Waals surface area contributed by atoms with Crippen LogP contribution in [0.5, 0.6) is 0 Å². The van der Waals surface area contributed by atoms with Gasteiger partial charge in [-0.25, -0.2) is 0 Å². The van der Waals surface area contributed by atoms with Gasteiger partial charge in [0.15, 0.2) is 0 Å². The molecule has 1 saturated carbocycles. The number of hydrogen-bond acceptors (Lipinski definition) is 7. The number of Topliss-reactive ketones (excluding diaryl/α,β-unsaturated/α-hetero) is 7. The van der Waals surface area contributed by atoms with Gasteiger partial charge in [0.05, 0.1) is 0 Å². The van der Waals surface area contributed by atoms with Crippen LogP contribution in [0.15, 0.2) is 0 Å². The number of hydrogen-bond donors (Lipinski definition) is 0. The van der Waals surface area contributed by atoms with Gasteiger partial charge < -0.3 is 0 Å². The molecule has 0 saturated heterocycles. The summed E-state index contributed by atoms with van der Waals surface area (Å²) in [5, 5.41) is 0. The highest BCUT2D eigenvalue weighted by Crippen LogP contribution is 1.97. The van der Waals surface area contributed by atoms with Gasteiger partial charge in [0, 0.05) is 0 Å². The summed E-state index contributed by atoms with van der Waals surface area (Å²) in [6, 6.07) is 0. The maximum Gasteiger partial charge on any atom is 0.281 e. The molecule has 0 radical (unpaired) electrons. The first-order valence-corrected chi connectivity index (χ1v) is 3.18. The Kier molecular flexibility index (Phi) is 2.01. The predicted octanol–water partition coefficient (Wildman–Crippen LogP) is -3.02. The van der Waals surface area contributed by atoms with Crippen LogP contribution in [0.1, 0.15) is 0 Å². The van der Waals surface area contributed by atoms with E-state index in [0.717, 1.165) is 0 Å². The normalized spacial score (nSPS) is 19.0. The first-order valence-electron chi connectivity index (χ1n) is 3.18. The highest BCUT2D eigenvalue weighted by atomic mass is 16.2. The molecule has 1 aliphatic rings. The second kappa shape index (κ2) is 2.87. The van der Waals surface area contributed by atoms with Gasteiger partial charge in [-0.3, -0.25) is 33.6 Å². The summed E-state index contributed by atoms with van der Waals surface area (Å²) in [6.45, 7) is 0. The minimum absolute atomic E-state index is 1.95. The van der Waals surface area contributed by atoms with Gasteiger partial charge in [-0.05, 0) is 0 Å². The number of carbonyl (C=O) groups is 7. The minimum Gasteiger partial charge on any atom is -0.281 e. The molecule has 0 spiro atoms. The van der Waals surface area contributed by atoms with Crippen molar-refractivity contribution in [2.45, 2.75) is 0 Å². The van der Waals surface area contributed by atoms with Gasteiger partial charge >= 0.3 is 0 Å². The smallest absolute Gasteiger partial charge is 0.281 e. The van der Waals surface area contributed by atoms with Crippen LogP contribution in [0.25, 0.3) is 0 Å². The van der Waals surface area contributed by atoms with E-state index in [1.54, 1.807) is 0 Å². The molecule has 70 valence electrons. The summed E-state index contributed by atoms with van der Waals surface area (Å²) in [5.41, 5.74) is 0. The van der Waals surface area contributed by atoms with Crippen molar-refractivity contribution in [2.75, 3.05) is 0 Å². The largest absolute Gasteiger partial charge is 0.281 e. The monoisotopic (exact) mass is 196 g/mol. The summed E-state index contributed by atoms with van der Waals surface area (Å²) in [6.07, 6.45) is 0. The molecule has 1 fully saturated rings. The van der Waals surface area contributed by atoms with E-state index in [0.29, 0.717) is 0 Å². The summed E-state index contributed by atoms with van der Waals surface area (Å²) in [5.74, 6) is -13.6. The van der Waals surface area contributed by atoms with Gasteiger partial charge in [0.1, 0.15) is 0 Å². The van der Waals surface area contributed by atoms with E-state index in [2.05, 4.69) is 0 Å². The molecule has 0 N–H and O–H groups in total. The number of rotatable bonds is 0. The summed E-state index contributed by atoms with van der Waals surface area (Å²) >= 11 is 0. The third kappa shape index (κ3) is 1.11. The van der Waals surface area contributed by atoms with E-state index in [1.165, 1.54) is 0 Å². The second-order valence-electron chi connectivity index (χ2n) is 2.30. The number of carbonyl (C=O) groups excluding carboxylic acids is 7. The molecule has 1 aliphatic carbocycles. The van der Waals surface area contributed by atoms with Crippen molar-refractivity contribution in [3.63, 3.8) is 0 Å². The maximum absolute atomic E-state index is 10.6. The van der Waals surface area contributed by atoms with Crippen LogP contribution in [0, 0.1) is 0 Å². The fraction of sp³-hybridized carbons (Fsp3) is 0.